The average molecular weight is 243 g/mol. The molecule has 6 heteroatoms. The highest BCUT2D eigenvalue weighted by molar-refractivity contribution is 5.49. The number of hydrogen-bond acceptors (Lipinski definition) is 5. The predicted octanol–water partition coefficient (Wildman–Crippen LogP) is 1.95. The topological polar surface area (TPSA) is 68.2 Å². The molecular weight excluding hydrogens is 230 g/mol. The smallest absolute Gasteiger partial charge is 0.243 e. The predicted molar refractivity (Wildman–Crippen MR) is 66.3 cm³/mol. The van der Waals surface area contributed by atoms with Crippen LogP contribution in [-0.4, -0.2) is 19.6 Å². The van der Waals surface area contributed by atoms with Crippen LogP contribution < -0.4 is 5.32 Å². The van der Waals surface area contributed by atoms with Crippen LogP contribution in [0.2, 0.25) is 0 Å². The zero-order valence-electron chi connectivity index (χ0n) is 10.2. The second-order valence-corrected chi connectivity index (χ2v) is 4.11. The Labute approximate surface area is 104 Å². The third-order valence-corrected chi connectivity index (χ3v) is 2.62. The molecule has 0 unspecified atom stereocenters. The fourth-order valence-electron chi connectivity index (χ4n) is 1.75. The summed E-state index contributed by atoms with van der Waals surface area (Å²) in [6, 6.07) is 3.95. The van der Waals surface area contributed by atoms with E-state index in [0.29, 0.717) is 18.4 Å². The van der Waals surface area contributed by atoms with Crippen LogP contribution in [0.3, 0.4) is 0 Å². The summed E-state index contributed by atoms with van der Waals surface area (Å²) in [6.45, 7) is 4.35. The molecule has 1 N–H and O–H groups in total. The van der Waals surface area contributed by atoms with Gasteiger partial charge in [0.25, 0.3) is 0 Å². The quantitative estimate of drug-likeness (QED) is 0.761. The molecule has 3 aromatic heterocycles. The Hall–Kier alpha value is -2.37. The van der Waals surface area contributed by atoms with E-state index >= 15 is 0 Å². The van der Waals surface area contributed by atoms with Crippen molar-refractivity contribution in [3.8, 4) is 0 Å². The van der Waals surface area contributed by atoms with Gasteiger partial charge in [-0.05, 0) is 25.5 Å². The third-order valence-electron chi connectivity index (χ3n) is 2.62. The lowest BCUT2D eigenvalue weighted by Crippen LogP contribution is -2.01. The largest absolute Gasteiger partial charge is 0.444 e. The summed E-state index contributed by atoms with van der Waals surface area (Å²) in [4.78, 5) is 8.52. The van der Waals surface area contributed by atoms with Crippen molar-refractivity contribution >= 4 is 11.6 Å². The molecule has 0 amide bonds. The van der Waals surface area contributed by atoms with Crippen molar-refractivity contribution < 1.29 is 4.42 Å². The second-order valence-electron chi connectivity index (χ2n) is 4.11. The van der Waals surface area contributed by atoms with Crippen LogP contribution in [0, 0.1) is 13.8 Å². The van der Waals surface area contributed by atoms with E-state index in [1.54, 1.807) is 10.7 Å². The maximum atomic E-state index is 5.37. The molecule has 0 aliphatic carbocycles. The van der Waals surface area contributed by atoms with Gasteiger partial charge in [-0.25, -0.2) is 9.50 Å². The first kappa shape index (κ1) is 10.8. The molecule has 0 saturated carbocycles. The molecule has 0 atom stereocenters. The summed E-state index contributed by atoms with van der Waals surface area (Å²) in [5.74, 6) is 1.99. The van der Waals surface area contributed by atoms with Crippen molar-refractivity contribution in [3.63, 3.8) is 0 Å². The van der Waals surface area contributed by atoms with Gasteiger partial charge in [-0.1, -0.05) is 6.07 Å². The Balaban J connectivity index is 1.81. The summed E-state index contributed by atoms with van der Waals surface area (Å²) < 4.78 is 7.12. The molecule has 0 aliphatic rings. The fraction of sp³-hybridized carbons (Fsp3) is 0.250. The number of hydrogen-bond donors (Lipinski definition) is 1. The maximum absolute atomic E-state index is 5.37. The normalized spacial score (nSPS) is 11.0. The molecule has 0 fully saturated rings. The van der Waals surface area contributed by atoms with E-state index in [4.69, 9.17) is 4.42 Å². The van der Waals surface area contributed by atoms with E-state index in [0.717, 1.165) is 17.0 Å². The lowest BCUT2D eigenvalue weighted by molar-refractivity contribution is 0.478. The summed E-state index contributed by atoms with van der Waals surface area (Å²) in [5.41, 5.74) is 1.94. The van der Waals surface area contributed by atoms with Crippen LogP contribution in [0.4, 0.5) is 5.95 Å². The van der Waals surface area contributed by atoms with Gasteiger partial charge in [0.2, 0.25) is 11.8 Å². The number of pyridine rings is 1. The molecule has 18 heavy (non-hydrogen) atoms. The Morgan fingerprint density at radius 2 is 2.28 bits per heavy atom. The first-order chi connectivity index (χ1) is 8.72. The zero-order valence-corrected chi connectivity index (χ0v) is 10.2. The molecular formula is C12H13N5O. The second kappa shape index (κ2) is 4.14. The van der Waals surface area contributed by atoms with Crippen molar-refractivity contribution in [2.75, 3.05) is 5.32 Å². The Morgan fingerprint density at radius 3 is 3.00 bits per heavy atom. The SMILES string of the molecule is Cc1cnc(CNc2nc3c(C)cccn3n2)o1. The Morgan fingerprint density at radius 1 is 1.39 bits per heavy atom. The molecule has 6 nitrogen and oxygen atoms in total. The van der Waals surface area contributed by atoms with Crippen molar-refractivity contribution in [2.24, 2.45) is 0 Å². The monoisotopic (exact) mass is 243 g/mol. The van der Waals surface area contributed by atoms with Crippen LogP contribution in [0.15, 0.2) is 28.9 Å². The van der Waals surface area contributed by atoms with Gasteiger partial charge >= 0.3 is 0 Å². The molecule has 0 bridgehead atoms. The van der Waals surface area contributed by atoms with E-state index in [1.165, 1.54) is 0 Å². The number of fused-ring (bicyclic) bond motifs is 1. The minimum absolute atomic E-state index is 0.476. The van der Waals surface area contributed by atoms with Crippen LogP contribution in [0.5, 0.6) is 0 Å². The van der Waals surface area contributed by atoms with Crippen molar-refractivity contribution in [2.45, 2.75) is 20.4 Å². The van der Waals surface area contributed by atoms with Gasteiger partial charge in [-0.15, -0.1) is 5.10 Å². The number of aromatic nitrogens is 4. The van der Waals surface area contributed by atoms with Gasteiger partial charge in [0.15, 0.2) is 5.65 Å². The first-order valence-corrected chi connectivity index (χ1v) is 5.69. The van der Waals surface area contributed by atoms with E-state index in [-0.39, 0.29) is 0 Å². The van der Waals surface area contributed by atoms with Crippen LogP contribution in [-0.2, 0) is 6.54 Å². The van der Waals surface area contributed by atoms with E-state index in [2.05, 4.69) is 20.4 Å². The number of nitrogens with one attached hydrogen (secondary N) is 1. The lowest BCUT2D eigenvalue weighted by atomic mass is 10.3. The van der Waals surface area contributed by atoms with Gasteiger partial charge in [-0.2, -0.15) is 4.98 Å². The number of anilines is 1. The van der Waals surface area contributed by atoms with Gasteiger partial charge < -0.3 is 9.73 Å². The number of oxazole rings is 1. The summed E-state index contributed by atoms with van der Waals surface area (Å²) in [7, 11) is 0. The van der Waals surface area contributed by atoms with Gasteiger partial charge in [-0.3, -0.25) is 0 Å². The van der Waals surface area contributed by atoms with Crippen LogP contribution >= 0.6 is 0 Å². The molecule has 3 aromatic rings. The summed E-state index contributed by atoms with van der Waals surface area (Å²) in [6.07, 6.45) is 3.56. The van der Waals surface area contributed by atoms with Crippen molar-refractivity contribution in [1.82, 2.24) is 19.6 Å². The van der Waals surface area contributed by atoms with E-state index < -0.39 is 0 Å². The van der Waals surface area contributed by atoms with E-state index in [9.17, 15) is 0 Å². The van der Waals surface area contributed by atoms with Gasteiger partial charge in [0, 0.05) is 6.20 Å². The molecule has 92 valence electrons. The summed E-state index contributed by atoms with van der Waals surface area (Å²) >= 11 is 0. The molecule has 3 rings (SSSR count). The zero-order chi connectivity index (χ0) is 12.5. The Kier molecular flexibility index (Phi) is 2.47. The van der Waals surface area contributed by atoms with E-state index in [1.807, 2.05) is 32.2 Å². The van der Waals surface area contributed by atoms with Crippen LogP contribution in [0.1, 0.15) is 17.2 Å². The first-order valence-electron chi connectivity index (χ1n) is 5.69. The Bertz CT molecular complexity index is 685. The van der Waals surface area contributed by atoms with Gasteiger partial charge in [0.05, 0.1) is 12.7 Å². The fourth-order valence-corrected chi connectivity index (χ4v) is 1.75. The minimum Gasteiger partial charge on any atom is -0.444 e. The molecule has 3 heterocycles. The highest BCUT2D eigenvalue weighted by atomic mass is 16.4. The molecule has 0 radical (unpaired) electrons. The number of nitrogens with zero attached hydrogens (tertiary/aromatic N) is 4. The molecule has 0 saturated heterocycles. The standard InChI is InChI=1S/C12H13N5O/c1-8-4-3-5-17-11(8)15-12(16-17)14-7-10-13-6-9(2)18-10/h3-6H,7H2,1-2H3,(H,14,16). The maximum Gasteiger partial charge on any atom is 0.243 e. The average Bonchev–Trinajstić information content (AvgIpc) is 2.93. The highest BCUT2D eigenvalue weighted by Crippen LogP contribution is 2.10. The van der Waals surface area contributed by atoms with Crippen LogP contribution in [0.25, 0.3) is 5.65 Å². The lowest BCUT2D eigenvalue weighted by Gasteiger charge is -1.95. The van der Waals surface area contributed by atoms with Crippen molar-refractivity contribution in [1.29, 1.82) is 0 Å². The minimum atomic E-state index is 0.476. The molecule has 0 aliphatic heterocycles. The number of aryl methyl sites for hydroxylation is 2. The summed E-state index contributed by atoms with van der Waals surface area (Å²) in [5, 5.41) is 7.41. The molecule has 0 spiro atoms. The van der Waals surface area contributed by atoms with Gasteiger partial charge in [0.1, 0.15) is 5.76 Å². The molecule has 0 aromatic carbocycles. The third kappa shape index (κ3) is 1.92. The number of rotatable bonds is 3. The highest BCUT2D eigenvalue weighted by Gasteiger charge is 2.06. The van der Waals surface area contributed by atoms with Crippen molar-refractivity contribution in [3.05, 3.63) is 41.7 Å².